The molecule has 5 nitrogen and oxygen atoms in total. The largest absolute Gasteiger partial charge is 0.497 e. The molecule has 0 fully saturated rings. The number of methoxy groups -OCH3 is 1. The van der Waals surface area contributed by atoms with Gasteiger partial charge < -0.3 is 19.5 Å². The minimum Gasteiger partial charge on any atom is -0.497 e. The standard InChI is InChI=1S/C29H28ClN3O2S/c1-18-23(30)11-6-12-24(18)31-29(34)33-17-22-21-10-3-4-14-26(21)36-28(22)32-15-7-13-25(32)27(33)19-8-5-9-20(16-19)35-2/h5-9,11-13,15-16,27H,3-4,10,14,17H2,1-2H3,(H,31,34)/t27-/m1/s1. The van der Waals surface area contributed by atoms with Crippen LogP contribution in [0, 0.1) is 6.92 Å². The van der Waals surface area contributed by atoms with Gasteiger partial charge in [-0.1, -0.05) is 29.8 Å². The van der Waals surface area contributed by atoms with Gasteiger partial charge in [-0.15, -0.1) is 11.3 Å². The zero-order chi connectivity index (χ0) is 24.8. The van der Waals surface area contributed by atoms with Crippen LogP contribution in [0.25, 0.3) is 5.00 Å². The predicted molar refractivity (Wildman–Crippen MR) is 146 cm³/mol. The number of fused-ring (bicyclic) bond motifs is 5. The molecule has 0 bridgehead atoms. The van der Waals surface area contributed by atoms with Crippen molar-refractivity contribution in [3.63, 3.8) is 0 Å². The van der Waals surface area contributed by atoms with E-state index in [2.05, 4.69) is 34.3 Å². The molecule has 2 amide bonds. The third-order valence-corrected chi connectivity index (χ3v) is 9.10. The number of aryl methyl sites for hydroxylation is 1. The van der Waals surface area contributed by atoms with E-state index < -0.39 is 0 Å². The van der Waals surface area contributed by atoms with Crippen molar-refractivity contribution in [3.05, 3.63) is 98.6 Å². The summed E-state index contributed by atoms with van der Waals surface area (Å²) in [5.74, 6) is 0.771. The molecule has 6 rings (SSSR count). The average Bonchev–Trinajstić information content (AvgIpc) is 3.48. The van der Waals surface area contributed by atoms with Crippen LogP contribution in [0.3, 0.4) is 0 Å². The lowest BCUT2D eigenvalue weighted by molar-refractivity contribution is 0.194. The molecule has 1 atom stereocenters. The first-order valence-electron chi connectivity index (χ1n) is 12.3. The van der Waals surface area contributed by atoms with Gasteiger partial charge in [-0.25, -0.2) is 4.79 Å². The van der Waals surface area contributed by atoms with E-state index in [9.17, 15) is 4.79 Å². The highest BCUT2D eigenvalue weighted by molar-refractivity contribution is 7.15. The topological polar surface area (TPSA) is 46.5 Å². The summed E-state index contributed by atoms with van der Waals surface area (Å²) < 4.78 is 7.84. The van der Waals surface area contributed by atoms with Gasteiger partial charge in [0.15, 0.2) is 0 Å². The van der Waals surface area contributed by atoms with E-state index in [4.69, 9.17) is 16.3 Å². The van der Waals surface area contributed by atoms with Crippen molar-refractivity contribution in [3.8, 4) is 10.8 Å². The normalized spacial score (nSPS) is 16.5. The fourth-order valence-electron chi connectivity index (χ4n) is 5.48. The molecular weight excluding hydrogens is 490 g/mol. The molecule has 2 aromatic carbocycles. The lowest BCUT2D eigenvalue weighted by atomic mass is 9.95. The van der Waals surface area contributed by atoms with E-state index >= 15 is 0 Å². The van der Waals surface area contributed by atoms with Gasteiger partial charge in [-0.2, -0.15) is 0 Å². The highest BCUT2D eigenvalue weighted by Gasteiger charge is 2.36. The lowest BCUT2D eigenvalue weighted by Gasteiger charge is -2.32. The van der Waals surface area contributed by atoms with Crippen LogP contribution in [-0.2, 0) is 19.4 Å². The molecule has 0 saturated carbocycles. The number of halogens is 1. The molecule has 0 spiro atoms. The molecule has 1 aliphatic heterocycles. The number of carbonyl (C=O) groups excluding carboxylic acids is 1. The summed E-state index contributed by atoms with van der Waals surface area (Å²) >= 11 is 8.26. The van der Waals surface area contributed by atoms with Crippen LogP contribution in [0.4, 0.5) is 10.5 Å². The van der Waals surface area contributed by atoms with Gasteiger partial charge in [0.05, 0.1) is 25.4 Å². The van der Waals surface area contributed by atoms with Gasteiger partial charge in [0.2, 0.25) is 0 Å². The Balaban J connectivity index is 1.51. The minimum absolute atomic E-state index is 0.149. The number of hydrogen-bond donors (Lipinski definition) is 1. The first-order valence-corrected chi connectivity index (χ1v) is 13.5. The first-order chi connectivity index (χ1) is 17.5. The van der Waals surface area contributed by atoms with Gasteiger partial charge >= 0.3 is 6.03 Å². The second-order valence-electron chi connectivity index (χ2n) is 9.45. The molecule has 3 heterocycles. The molecule has 7 heteroatoms. The molecule has 1 N–H and O–H groups in total. The number of nitrogens with zero attached hydrogens (tertiary/aromatic N) is 2. The van der Waals surface area contributed by atoms with Crippen LogP contribution in [-0.4, -0.2) is 22.6 Å². The molecule has 2 aliphatic rings. The highest BCUT2D eigenvalue weighted by atomic mass is 35.5. The molecule has 2 aromatic heterocycles. The average molecular weight is 518 g/mol. The summed E-state index contributed by atoms with van der Waals surface area (Å²) in [5, 5.41) is 5.04. The van der Waals surface area contributed by atoms with Gasteiger partial charge in [-0.3, -0.25) is 0 Å². The first kappa shape index (κ1) is 23.2. The Kier molecular flexibility index (Phi) is 6.02. The maximum atomic E-state index is 14.1. The van der Waals surface area contributed by atoms with Crippen molar-refractivity contribution in [2.45, 2.75) is 45.2 Å². The summed E-state index contributed by atoms with van der Waals surface area (Å²) in [6, 6.07) is 17.4. The van der Waals surface area contributed by atoms with Gasteiger partial charge in [0.25, 0.3) is 0 Å². The molecule has 1 aliphatic carbocycles. The molecule has 0 radical (unpaired) electrons. The van der Waals surface area contributed by atoms with Crippen LogP contribution in [0.15, 0.2) is 60.8 Å². The number of ether oxygens (including phenoxy) is 1. The molecular formula is C29H28ClN3O2S. The quantitative estimate of drug-likeness (QED) is 0.305. The number of benzene rings is 2. The molecule has 4 aromatic rings. The fourth-order valence-corrected chi connectivity index (χ4v) is 7.06. The van der Waals surface area contributed by atoms with Crippen LogP contribution in [0.2, 0.25) is 5.02 Å². The van der Waals surface area contributed by atoms with Gasteiger partial charge in [0.1, 0.15) is 10.8 Å². The Bertz CT molecular complexity index is 1460. The van der Waals surface area contributed by atoms with E-state index in [1.807, 2.05) is 59.6 Å². The second kappa shape index (κ2) is 9.34. The SMILES string of the molecule is COc1cccc([C@@H]2c3cccn3-c3sc4c(c3CN2C(=O)Nc2cccc(Cl)c2C)CCCC4)c1. The highest BCUT2D eigenvalue weighted by Crippen LogP contribution is 2.44. The summed E-state index contributed by atoms with van der Waals surface area (Å²) in [7, 11) is 1.67. The van der Waals surface area contributed by atoms with Crippen molar-refractivity contribution in [2.75, 3.05) is 12.4 Å². The fraction of sp³-hybridized carbons (Fsp3) is 0.276. The van der Waals surface area contributed by atoms with Crippen molar-refractivity contribution >= 4 is 34.7 Å². The Labute approximate surface area is 220 Å². The van der Waals surface area contributed by atoms with Crippen molar-refractivity contribution in [1.29, 1.82) is 0 Å². The van der Waals surface area contributed by atoms with E-state index in [0.29, 0.717) is 11.6 Å². The van der Waals surface area contributed by atoms with Crippen molar-refractivity contribution in [2.24, 2.45) is 0 Å². The Morgan fingerprint density at radius 3 is 2.78 bits per heavy atom. The number of urea groups is 1. The van der Waals surface area contributed by atoms with Gasteiger partial charge in [0, 0.05) is 27.3 Å². The molecule has 0 unspecified atom stereocenters. The summed E-state index contributed by atoms with van der Waals surface area (Å²) in [4.78, 5) is 17.5. The van der Waals surface area contributed by atoms with Crippen LogP contribution in [0.5, 0.6) is 5.75 Å². The van der Waals surface area contributed by atoms with E-state index in [1.54, 1.807) is 7.11 Å². The summed E-state index contributed by atoms with van der Waals surface area (Å²) in [6.07, 6.45) is 6.75. The van der Waals surface area contributed by atoms with Crippen molar-refractivity contribution < 1.29 is 9.53 Å². The van der Waals surface area contributed by atoms with Crippen LogP contribution >= 0.6 is 22.9 Å². The third kappa shape index (κ3) is 3.89. The number of nitrogens with one attached hydrogen (secondary N) is 1. The van der Waals surface area contributed by atoms with Crippen LogP contribution < -0.4 is 10.1 Å². The monoisotopic (exact) mass is 517 g/mol. The molecule has 36 heavy (non-hydrogen) atoms. The number of aromatic nitrogens is 1. The van der Waals surface area contributed by atoms with Gasteiger partial charge in [-0.05, 0) is 85.7 Å². The van der Waals surface area contributed by atoms with Crippen LogP contribution in [0.1, 0.15) is 51.7 Å². The maximum absolute atomic E-state index is 14.1. The zero-order valence-electron chi connectivity index (χ0n) is 20.4. The number of carbonyl (C=O) groups is 1. The number of thiophene rings is 1. The van der Waals surface area contributed by atoms with Crippen molar-refractivity contribution in [1.82, 2.24) is 9.47 Å². The third-order valence-electron chi connectivity index (χ3n) is 7.36. The number of amides is 2. The Hall–Kier alpha value is -3.22. The maximum Gasteiger partial charge on any atom is 0.322 e. The Morgan fingerprint density at radius 1 is 1.08 bits per heavy atom. The lowest BCUT2D eigenvalue weighted by Crippen LogP contribution is -2.38. The Morgan fingerprint density at radius 2 is 1.92 bits per heavy atom. The molecule has 0 saturated heterocycles. The number of hydrogen-bond acceptors (Lipinski definition) is 3. The van der Waals surface area contributed by atoms with E-state index in [-0.39, 0.29) is 12.1 Å². The predicted octanol–water partition coefficient (Wildman–Crippen LogP) is 7.53. The summed E-state index contributed by atoms with van der Waals surface area (Å²) in [6.45, 7) is 2.47. The molecule has 184 valence electrons. The summed E-state index contributed by atoms with van der Waals surface area (Å²) in [5.41, 5.74) is 6.37. The smallest absolute Gasteiger partial charge is 0.322 e. The number of anilines is 1. The van der Waals surface area contributed by atoms with E-state index in [0.717, 1.165) is 41.1 Å². The second-order valence-corrected chi connectivity index (χ2v) is 10.9. The number of rotatable bonds is 3. The zero-order valence-corrected chi connectivity index (χ0v) is 22.0. The minimum atomic E-state index is -0.284. The van der Waals surface area contributed by atoms with E-state index in [1.165, 1.54) is 33.8 Å².